The Kier molecular flexibility index (Phi) is 5.15. The van der Waals surface area contributed by atoms with Gasteiger partial charge in [0.2, 0.25) is 0 Å². The van der Waals surface area contributed by atoms with E-state index < -0.39 is 10.0 Å². The minimum atomic E-state index is -3.62. The van der Waals surface area contributed by atoms with Gasteiger partial charge >= 0.3 is 0 Å². The lowest BCUT2D eigenvalue weighted by atomic mass is 10.3. The molecular weight excluding hydrogens is 314 g/mol. The van der Waals surface area contributed by atoms with Crippen molar-refractivity contribution < 1.29 is 17.9 Å². The molecule has 0 saturated carbocycles. The second kappa shape index (κ2) is 6.91. The average Bonchev–Trinajstić information content (AvgIpc) is 2.54. The zero-order valence-electron chi connectivity index (χ0n) is 13.7. The predicted molar refractivity (Wildman–Crippen MR) is 90.8 cm³/mol. The lowest BCUT2D eigenvalue weighted by Gasteiger charge is -2.20. The first-order valence-corrected chi connectivity index (χ1v) is 8.68. The smallest absolute Gasteiger partial charge is 0.264 e. The van der Waals surface area contributed by atoms with Gasteiger partial charge in [-0.15, -0.1) is 0 Å². The van der Waals surface area contributed by atoms with Gasteiger partial charge in [0.05, 0.1) is 23.8 Å². The first-order valence-electron chi connectivity index (χ1n) is 7.24. The second-order valence-electron chi connectivity index (χ2n) is 5.31. The van der Waals surface area contributed by atoms with Crippen LogP contribution < -0.4 is 13.8 Å². The van der Waals surface area contributed by atoms with Gasteiger partial charge in [0.15, 0.2) is 0 Å². The van der Waals surface area contributed by atoms with Crippen molar-refractivity contribution in [2.45, 2.75) is 24.8 Å². The molecule has 0 heterocycles. The van der Waals surface area contributed by atoms with Crippen molar-refractivity contribution in [1.82, 2.24) is 0 Å². The van der Waals surface area contributed by atoms with E-state index in [-0.39, 0.29) is 11.0 Å². The SMILES string of the molecule is COc1ccc(S(=O)(=O)N(C)c2ccc(OC(C)C)cc2)cc1. The fraction of sp³-hybridized carbons (Fsp3) is 0.294. The van der Waals surface area contributed by atoms with E-state index in [2.05, 4.69) is 0 Å². The molecule has 0 radical (unpaired) electrons. The summed E-state index contributed by atoms with van der Waals surface area (Å²) >= 11 is 0. The molecule has 5 nitrogen and oxygen atoms in total. The minimum absolute atomic E-state index is 0.0709. The Morgan fingerprint density at radius 2 is 1.43 bits per heavy atom. The highest BCUT2D eigenvalue weighted by Crippen LogP contribution is 2.25. The van der Waals surface area contributed by atoms with Gasteiger partial charge < -0.3 is 9.47 Å². The molecule has 2 rings (SSSR count). The summed E-state index contributed by atoms with van der Waals surface area (Å²) in [4.78, 5) is 0.211. The molecular formula is C17H21NO4S. The molecule has 0 spiro atoms. The molecule has 6 heteroatoms. The van der Waals surface area contributed by atoms with Crippen molar-refractivity contribution in [2.24, 2.45) is 0 Å². The predicted octanol–water partition coefficient (Wildman–Crippen LogP) is 3.31. The topological polar surface area (TPSA) is 55.8 Å². The largest absolute Gasteiger partial charge is 0.497 e. The Labute approximate surface area is 137 Å². The molecule has 0 aliphatic rings. The number of hydrogen-bond donors (Lipinski definition) is 0. The third-order valence-corrected chi connectivity index (χ3v) is 5.09. The fourth-order valence-corrected chi connectivity index (χ4v) is 3.25. The van der Waals surface area contributed by atoms with Gasteiger partial charge in [-0.05, 0) is 62.4 Å². The maximum Gasteiger partial charge on any atom is 0.264 e. The average molecular weight is 335 g/mol. The number of sulfonamides is 1. The van der Waals surface area contributed by atoms with Gasteiger partial charge in [-0.2, -0.15) is 0 Å². The van der Waals surface area contributed by atoms with Crippen LogP contribution in [0.3, 0.4) is 0 Å². The van der Waals surface area contributed by atoms with Crippen LogP contribution in [-0.2, 0) is 10.0 Å². The van der Waals surface area contributed by atoms with Crippen molar-refractivity contribution in [3.63, 3.8) is 0 Å². The van der Waals surface area contributed by atoms with Crippen LogP contribution in [0.2, 0.25) is 0 Å². The standard InChI is InChI=1S/C17H21NO4S/c1-13(2)22-16-7-5-14(6-8-16)18(3)23(19,20)17-11-9-15(21-4)10-12-17/h5-13H,1-4H3. The zero-order valence-corrected chi connectivity index (χ0v) is 14.5. The van der Waals surface area contributed by atoms with Crippen LogP contribution in [0.1, 0.15) is 13.8 Å². The van der Waals surface area contributed by atoms with Crippen LogP contribution in [0.4, 0.5) is 5.69 Å². The van der Waals surface area contributed by atoms with Gasteiger partial charge in [-0.1, -0.05) is 0 Å². The van der Waals surface area contributed by atoms with E-state index in [0.717, 1.165) is 0 Å². The number of anilines is 1. The number of ether oxygens (including phenoxy) is 2. The third-order valence-electron chi connectivity index (χ3n) is 3.29. The number of methoxy groups -OCH3 is 1. The van der Waals surface area contributed by atoms with Gasteiger partial charge in [0, 0.05) is 7.05 Å². The van der Waals surface area contributed by atoms with Crippen LogP contribution >= 0.6 is 0 Å². The molecule has 0 saturated heterocycles. The van der Waals surface area contributed by atoms with E-state index in [1.165, 1.54) is 30.6 Å². The molecule has 0 N–H and O–H groups in total. The van der Waals surface area contributed by atoms with Crippen molar-refractivity contribution in [2.75, 3.05) is 18.5 Å². The van der Waals surface area contributed by atoms with Crippen LogP contribution in [0.25, 0.3) is 0 Å². The summed E-state index contributed by atoms with van der Waals surface area (Å²) in [6.07, 6.45) is 0.0709. The highest BCUT2D eigenvalue weighted by Gasteiger charge is 2.21. The molecule has 23 heavy (non-hydrogen) atoms. The molecule has 0 unspecified atom stereocenters. The van der Waals surface area contributed by atoms with E-state index in [4.69, 9.17) is 9.47 Å². The highest BCUT2D eigenvalue weighted by molar-refractivity contribution is 7.92. The quantitative estimate of drug-likeness (QED) is 0.813. The fourth-order valence-electron chi connectivity index (χ4n) is 2.05. The summed E-state index contributed by atoms with van der Waals surface area (Å²) in [6, 6.07) is 13.3. The highest BCUT2D eigenvalue weighted by atomic mass is 32.2. The number of nitrogens with zero attached hydrogens (tertiary/aromatic N) is 1. The Balaban J connectivity index is 2.24. The van der Waals surface area contributed by atoms with Gasteiger partial charge in [0.1, 0.15) is 11.5 Å². The maximum absolute atomic E-state index is 12.6. The lowest BCUT2D eigenvalue weighted by Crippen LogP contribution is -2.26. The summed E-state index contributed by atoms with van der Waals surface area (Å²) < 4.78 is 37.2. The third kappa shape index (κ3) is 3.96. The monoisotopic (exact) mass is 335 g/mol. The van der Waals surface area contributed by atoms with E-state index in [9.17, 15) is 8.42 Å². The first-order chi connectivity index (χ1) is 10.8. The molecule has 2 aromatic carbocycles. The molecule has 0 fully saturated rings. The Morgan fingerprint density at radius 3 is 1.91 bits per heavy atom. The van der Waals surface area contributed by atoms with Crippen LogP contribution in [0, 0.1) is 0 Å². The van der Waals surface area contributed by atoms with Crippen molar-refractivity contribution >= 4 is 15.7 Å². The second-order valence-corrected chi connectivity index (χ2v) is 7.28. The van der Waals surface area contributed by atoms with E-state index in [0.29, 0.717) is 17.2 Å². The van der Waals surface area contributed by atoms with Gasteiger partial charge in [-0.25, -0.2) is 8.42 Å². The molecule has 0 aromatic heterocycles. The van der Waals surface area contributed by atoms with Crippen molar-refractivity contribution in [3.05, 3.63) is 48.5 Å². The molecule has 124 valence electrons. The number of rotatable bonds is 6. The van der Waals surface area contributed by atoms with Crippen molar-refractivity contribution in [3.8, 4) is 11.5 Å². The van der Waals surface area contributed by atoms with Gasteiger partial charge in [-0.3, -0.25) is 4.31 Å². The zero-order chi connectivity index (χ0) is 17.0. The van der Waals surface area contributed by atoms with Crippen LogP contribution in [0.15, 0.2) is 53.4 Å². The summed E-state index contributed by atoms with van der Waals surface area (Å²) in [7, 11) is -0.552. The van der Waals surface area contributed by atoms with Crippen LogP contribution in [-0.4, -0.2) is 28.7 Å². The molecule has 2 aromatic rings. The summed E-state index contributed by atoms with van der Waals surface area (Å²) in [5.74, 6) is 1.32. The molecule has 0 aliphatic carbocycles. The Hall–Kier alpha value is -2.21. The molecule has 0 atom stereocenters. The Morgan fingerprint density at radius 1 is 0.913 bits per heavy atom. The van der Waals surface area contributed by atoms with E-state index in [1.54, 1.807) is 36.4 Å². The summed E-state index contributed by atoms with van der Waals surface area (Å²) in [5, 5.41) is 0. The van der Waals surface area contributed by atoms with Gasteiger partial charge in [0.25, 0.3) is 10.0 Å². The normalized spacial score (nSPS) is 11.3. The molecule has 0 aliphatic heterocycles. The summed E-state index contributed by atoms with van der Waals surface area (Å²) in [5.41, 5.74) is 0.567. The molecule has 0 bridgehead atoms. The maximum atomic E-state index is 12.6. The Bertz CT molecular complexity index is 737. The van der Waals surface area contributed by atoms with Crippen molar-refractivity contribution in [1.29, 1.82) is 0 Å². The van der Waals surface area contributed by atoms with E-state index >= 15 is 0 Å². The lowest BCUT2D eigenvalue weighted by molar-refractivity contribution is 0.242. The number of hydrogen-bond acceptors (Lipinski definition) is 4. The molecule has 0 amide bonds. The number of benzene rings is 2. The first kappa shape index (κ1) is 17.1. The summed E-state index contributed by atoms with van der Waals surface area (Å²) in [6.45, 7) is 3.88. The van der Waals surface area contributed by atoms with Crippen LogP contribution in [0.5, 0.6) is 11.5 Å². The minimum Gasteiger partial charge on any atom is -0.497 e. The van der Waals surface area contributed by atoms with E-state index in [1.807, 2.05) is 13.8 Å².